The number of hydrogen-bond donors (Lipinski definition) is 1. The second-order valence-corrected chi connectivity index (χ2v) is 4.87. The average molecular weight is 237 g/mol. The number of rotatable bonds is 4. The fraction of sp³-hybridized carbons (Fsp3) is 0.846. The van der Waals surface area contributed by atoms with Crippen molar-refractivity contribution in [1.82, 2.24) is 10.2 Å². The molecule has 0 aromatic rings. The molecule has 0 aromatic carbocycles. The van der Waals surface area contributed by atoms with E-state index in [4.69, 9.17) is 5.26 Å². The summed E-state index contributed by atoms with van der Waals surface area (Å²) in [5.41, 5.74) is 0. The van der Waals surface area contributed by atoms with Gasteiger partial charge in [-0.3, -0.25) is 4.79 Å². The van der Waals surface area contributed by atoms with Crippen molar-refractivity contribution >= 4 is 5.91 Å². The Hall–Kier alpha value is -1.08. The third kappa shape index (κ3) is 3.71. The lowest BCUT2D eigenvalue weighted by Crippen LogP contribution is -2.50. The van der Waals surface area contributed by atoms with E-state index in [0.717, 1.165) is 32.2 Å². The lowest BCUT2D eigenvalue weighted by molar-refractivity contribution is -0.131. The minimum atomic E-state index is -0.195. The third-order valence-corrected chi connectivity index (χ3v) is 3.62. The number of nitrogens with one attached hydrogen (secondary N) is 1. The Morgan fingerprint density at radius 2 is 2.18 bits per heavy atom. The fourth-order valence-corrected chi connectivity index (χ4v) is 2.36. The summed E-state index contributed by atoms with van der Waals surface area (Å²) >= 11 is 0. The molecule has 3 unspecified atom stereocenters. The molecule has 4 nitrogen and oxygen atoms in total. The standard InChI is InChI=1S/C13H23N3O/c1-4-16(3)13(17)10(2)15-12-8-6-5-7-11(12)9-14/h10-12,15H,4-8H2,1-3H3. The van der Waals surface area contributed by atoms with Crippen LogP contribution >= 0.6 is 0 Å². The van der Waals surface area contributed by atoms with E-state index in [1.165, 1.54) is 0 Å². The summed E-state index contributed by atoms with van der Waals surface area (Å²) in [4.78, 5) is 13.6. The first-order valence-corrected chi connectivity index (χ1v) is 6.50. The van der Waals surface area contributed by atoms with Crippen LogP contribution in [0.4, 0.5) is 0 Å². The topological polar surface area (TPSA) is 56.1 Å². The molecule has 0 radical (unpaired) electrons. The van der Waals surface area contributed by atoms with Gasteiger partial charge in [0, 0.05) is 19.6 Å². The van der Waals surface area contributed by atoms with E-state index in [9.17, 15) is 4.79 Å². The second-order valence-electron chi connectivity index (χ2n) is 4.87. The number of carbonyl (C=O) groups is 1. The molecule has 0 spiro atoms. The summed E-state index contributed by atoms with van der Waals surface area (Å²) in [6, 6.07) is 2.34. The van der Waals surface area contributed by atoms with Crippen LogP contribution in [0.3, 0.4) is 0 Å². The van der Waals surface area contributed by atoms with Crippen molar-refractivity contribution in [2.75, 3.05) is 13.6 Å². The maximum Gasteiger partial charge on any atom is 0.239 e. The van der Waals surface area contributed by atoms with E-state index in [1.54, 1.807) is 4.90 Å². The van der Waals surface area contributed by atoms with Crippen LogP contribution in [0.2, 0.25) is 0 Å². The van der Waals surface area contributed by atoms with Crippen molar-refractivity contribution in [3.8, 4) is 6.07 Å². The van der Waals surface area contributed by atoms with Gasteiger partial charge >= 0.3 is 0 Å². The fourth-order valence-electron chi connectivity index (χ4n) is 2.36. The van der Waals surface area contributed by atoms with Crippen molar-refractivity contribution in [3.05, 3.63) is 0 Å². The van der Waals surface area contributed by atoms with Gasteiger partial charge in [-0.1, -0.05) is 12.8 Å². The smallest absolute Gasteiger partial charge is 0.239 e. The molecule has 96 valence electrons. The van der Waals surface area contributed by atoms with E-state index in [0.29, 0.717) is 0 Å². The maximum absolute atomic E-state index is 11.9. The Morgan fingerprint density at radius 3 is 2.76 bits per heavy atom. The van der Waals surface area contributed by atoms with Gasteiger partial charge in [0.25, 0.3) is 0 Å². The highest BCUT2D eigenvalue weighted by Gasteiger charge is 2.28. The van der Waals surface area contributed by atoms with Gasteiger partial charge in [0.2, 0.25) is 5.91 Å². The molecule has 0 heterocycles. The molecule has 4 heteroatoms. The van der Waals surface area contributed by atoms with Crippen LogP contribution in [-0.2, 0) is 4.79 Å². The second kappa shape index (κ2) is 6.61. The molecular weight excluding hydrogens is 214 g/mol. The molecule has 1 aliphatic carbocycles. The molecule has 1 rings (SSSR count). The molecule has 1 aliphatic rings. The third-order valence-electron chi connectivity index (χ3n) is 3.62. The predicted molar refractivity (Wildman–Crippen MR) is 67.3 cm³/mol. The monoisotopic (exact) mass is 237 g/mol. The molecule has 1 N–H and O–H groups in total. The zero-order valence-corrected chi connectivity index (χ0v) is 11.1. The maximum atomic E-state index is 11.9. The first-order valence-electron chi connectivity index (χ1n) is 6.50. The Balaban J connectivity index is 2.52. The van der Waals surface area contributed by atoms with Crippen molar-refractivity contribution < 1.29 is 4.79 Å². The van der Waals surface area contributed by atoms with Crippen molar-refractivity contribution in [2.24, 2.45) is 5.92 Å². The number of nitrogens with zero attached hydrogens (tertiary/aromatic N) is 2. The highest BCUT2D eigenvalue weighted by molar-refractivity contribution is 5.81. The van der Waals surface area contributed by atoms with Gasteiger partial charge in [0.15, 0.2) is 0 Å². The minimum absolute atomic E-state index is 0.0610. The lowest BCUT2D eigenvalue weighted by atomic mass is 9.85. The van der Waals surface area contributed by atoms with Gasteiger partial charge in [-0.15, -0.1) is 0 Å². The lowest BCUT2D eigenvalue weighted by Gasteiger charge is -2.31. The molecule has 0 aromatic heterocycles. The quantitative estimate of drug-likeness (QED) is 0.806. The summed E-state index contributed by atoms with van der Waals surface area (Å²) in [6.07, 6.45) is 4.25. The number of hydrogen-bond acceptors (Lipinski definition) is 3. The number of amides is 1. The zero-order valence-electron chi connectivity index (χ0n) is 11.1. The minimum Gasteiger partial charge on any atom is -0.345 e. The van der Waals surface area contributed by atoms with Gasteiger partial charge in [-0.05, 0) is 26.7 Å². The van der Waals surface area contributed by atoms with E-state index in [-0.39, 0.29) is 23.9 Å². The molecule has 17 heavy (non-hydrogen) atoms. The Morgan fingerprint density at radius 1 is 1.53 bits per heavy atom. The normalized spacial score (nSPS) is 26.0. The molecule has 0 bridgehead atoms. The first-order chi connectivity index (χ1) is 8.10. The van der Waals surface area contributed by atoms with Crippen LogP contribution in [0.5, 0.6) is 0 Å². The summed E-state index contributed by atoms with van der Waals surface area (Å²) in [5, 5.41) is 12.4. The van der Waals surface area contributed by atoms with E-state index >= 15 is 0 Å². The van der Waals surface area contributed by atoms with Crippen molar-refractivity contribution in [2.45, 2.75) is 51.6 Å². The van der Waals surface area contributed by atoms with E-state index in [1.807, 2.05) is 20.9 Å². The average Bonchev–Trinajstić information content (AvgIpc) is 2.37. The van der Waals surface area contributed by atoms with Crippen LogP contribution in [0, 0.1) is 17.2 Å². The molecule has 0 aliphatic heterocycles. The summed E-state index contributed by atoms with van der Waals surface area (Å²) in [7, 11) is 1.81. The Kier molecular flexibility index (Phi) is 5.43. The Labute approximate surface area is 104 Å². The van der Waals surface area contributed by atoms with Crippen LogP contribution < -0.4 is 5.32 Å². The highest BCUT2D eigenvalue weighted by atomic mass is 16.2. The summed E-state index contributed by atoms with van der Waals surface area (Å²) in [6.45, 7) is 4.57. The van der Waals surface area contributed by atoms with Crippen molar-refractivity contribution in [1.29, 1.82) is 5.26 Å². The molecule has 0 saturated heterocycles. The first kappa shape index (κ1) is 14.0. The molecular formula is C13H23N3O. The van der Waals surface area contributed by atoms with Crippen LogP contribution in [0.15, 0.2) is 0 Å². The Bertz CT molecular complexity index is 298. The van der Waals surface area contributed by atoms with Gasteiger partial charge in [0.1, 0.15) is 0 Å². The largest absolute Gasteiger partial charge is 0.345 e. The molecule has 1 amide bonds. The van der Waals surface area contributed by atoms with Gasteiger partial charge in [-0.25, -0.2) is 0 Å². The zero-order chi connectivity index (χ0) is 12.8. The van der Waals surface area contributed by atoms with Crippen molar-refractivity contribution in [3.63, 3.8) is 0 Å². The molecule has 1 saturated carbocycles. The number of nitriles is 1. The van der Waals surface area contributed by atoms with Crippen LogP contribution in [-0.4, -0.2) is 36.5 Å². The summed E-state index contributed by atoms with van der Waals surface area (Å²) in [5.74, 6) is 0.167. The number of likely N-dealkylation sites (N-methyl/N-ethyl adjacent to an activating group) is 1. The molecule has 1 fully saturated rings. The van der Waals surface area contributed by atoms with E-state index in [2.05, 4.69) is 11.4 Å². The molecule has 3 atom stereocenters. The van der Waals surface area contributed by atoms with Gasteiger partial charge in [0.05, 0.1) is 18.0 Å². The van der Waals surface area contributed by atoms with Crippen LogP contribution in [0.1, 0.15) is 39.5 Å². The van der Waals surface area contributed by atoms with Gasteiger partial charge < -0.3 is 10.2 Å². The summed E-state index contributed by atoms with van der Waals surface area (Å²) < 4.78 is 0. The number of carbonyl (C=O) groups excluding carboxylic acids is 1. The SMILES string of the molecule is CCN(C)C(=O)C(C)NC1CCCCC1C#N. The predicted octanol–water partition coefficient (Wildman–Crippen LogP) is 1.53. The highest BCUT2D eigenvalue weighted by Crippen LogP contribution is 2.24. The van der Waals surface area contributed by atoms with E-state index < -0.39 is 0 Å². The van der Waals surface area contributed by atoms with Gasteiger partial charge in [-0.2, -0.15) is 5.26 Å². The van der Waals surface area contributed by atoms with Crippen LogP contribution in [0.25, 0.3) is 0 Å².